The minimum atomic E-state index is -0.114. The molecule has 1 aliphatic carbocycles. The number of allylic oxidation sites excluding steroid dienone is 1. The third-order valence-electron chi connectivity index (χ3n) is 4.22. The van der Waals surface area contributed by atoms with Gasteiger partial charge in [-0.2, -0.15) is 0 Å². The number of unbranched alkanes of at least 4 members (excludes halogenated alkanes) is 2. The molecule has 0 saturated carbocycles. The summed E-state index contributed by atoms with van der Waals surface area (Å²) >= 11 is 0. The lowest BCUT2D eigenvalue weighted by atomic mass is 9.88. The molecule has 124 valence electrons. The Labute approximate surface area is 141 Å². The van der Waals surface area contributed by atoms with Crippen molar-refractivity contribution in [2.24, 2.45) is 4.99 Å². The van der Waals surface area contributed by atoms with Crippen LogP contribution in [0, 0.1) is 0 Å². The van der Waals surface area contributed by atoms with E-state index in [-0.39, 0.29) is 5.60 Å². The zero-order chi connectivity index (χ0) is 16.4. The average molecular weight is 311 g/mol. The van der Waals surface area contributed by atoms with Crippen LogP contribution in [0.2, 0.25) is 0 Å². The van der Waals surface area contributed by atoms with Crippen molar-refractivity contribution in [3.63, 3.8) is 0 Å². The fraction of sp³-hybridized carbons (Fsp3) is 0.476. The molecule has 2 heteroatoms. The van der Waals surface area contributed by atoms with E-state index in [1.54, 1.807) is 0 Å². The fourth-order valence-electron chi connectivity index (χ4n) is 2.69. The fourth-order valence-corrected chi connectivity index (χ4v) is 2.69. The molecule has 0 spiro atoms. The van der Waals surface area contributed by atoms with Gasteiger partial charge in [-0.05, 0) is 24.5 Å². The van der Waals surface area contributed by atoms with Gasteiger partial charge in [-0.3, -0.25) is 4.99 Å². The van der Waals surface area contributed by atoms with Crippen LogP contribution in [0.15, 0.2) is 59.2 Å². The van der Waals surface area contributed by atoms with Crippen LogP contribution in [0.5, 0.6) is 0 Å². The molecule has 1 aromatic carbocycles. The molecular weight excluding hydrogens is 282 g/mol. The van der Waals surface area contributed by atoms with Crippen molar-refractivity contribution in [1.29, 1.82) is 0 Å². The van der Waals surface area contributed by atoms with Gasteiger partial charge in [0.2, 0.25) is 0 Å². The van der Waals surface area contributed by atoms with Gasteiger partial charge < -0.3 is 4.74 Å². The van der Waals surface area contributed by atoms with E-state index < -0.39 is 0 Å². The van der Waals surface area contributed by atoms with Crippen LogP contribution in [0.25, 0.3) is 0 Å². The van der Waals surface area contributed by atoms with Gasteiger partial charge in [0, 0.05) is 19.2 Å². The average Bonchev–Trinajstić information content (AvgIpc) is 2.61. The van der Waals surface area contributed by atoms with Gasteiger partial charge in [-0.25, -0.2) is 0 Å². The van der Waals surface area contributed by atoms with Crippen LogP contribution in [0.4, 0.5) is 0 Å². The maximum Gasteiger partial charge on any atom is 0.0901 e. The van der Waals surface area contributed by atoms with Gasteiger partial charge in [0.1, 0.15) is 0 Å². The van der Waals surface area contributed by atoms with Crippen molar-refractivity contribution < 1.29 is 4.74 Å². The van der Waals surface area contributed by atoms with E-state index in [0.717, 1.165) is 37.1 Å². The Kier molecular flexibility index (Phi) is 7.28. The van der Waals surface area contributed by atoms with Crippen molar-refractivity contribution >= 4 is 6.21 Å². The standard InChI is InChI=1S/C21H29NO/c1-3-5-14-21(23-17-6-4-2)15-12-20(13-16-21)22-18-19-10-8-7-9-11-19/h7-13,15,18H,3-6,14,16-17H2,1-2H3. The molecule has 1 aliphatic rings. The summed E-state index contributed by atoms with van der Waals surface area (Å²) in [5.41, 5.74) is 2.04. The summed E-state index contributed by atoms with van der Waals surface area (Å²) < 4.78 is 6.24. The predicted octanol–water partition coefficient (Wildman–Crippen LogP) is 5.70. The second-order valence-corrected chi connectivity index (χ2v) is 6.21. The predicted molar refractivity (Wildman–Crippen MR) is 99.0 cm³/mol. The largest absolute Gasteiger partial charge is 0.371 e. The molecule has 0 aromatic heterocycles. The van der Waals surface area contributed by atoms with Crippen molar-refractivity contribution in [2.75, 3.05) is 6.61 Å². The Morgan fingerprint density at radius 3 is 2.57 bits per heavy atom. The summed E-state index contributed by atoms with van der Waals surface area (Å²) in [5.74, 6) is 0. The molecule has 23 heavy (non-hydrogen) atoms. The molecule has 1 atom stereocenters. The number of benzene rings is 1. The highest BCUT2D eigenvalue weighted by Crippen LogP contribution is 2.31. The number of aliphatic imine (C=N–C) groups is 1. The van der Waals surface area contributed by atoms with Gasteiger partial charge in [0.25, 0.3) is 0 Å². The summed E-state index contributed by atoms with van der Waals surface area (Å²) in [5, 5.41) is 0. The van der Waals surface area contributed by atoms with E-state index in [0.29, 0.717) is 0 Å². The summed E-state index contributed by atoms with van der Waals surface area (Å²) in [6.07, 6.45) is 15.2. The summed E-state index contributed by atoms with van der Waals surface area (Å²) in [6, 6.07) is 10.2. The quantitative estimate of drug-likeness (QED) is 0.424. The van der Waals surface area contributed by atoms with E-state index in [2.05, 4.69) is 49.2 Å². The van der Waals surface area contributed by atoms with Gasteiger partial charge in [-0.1, -0.05) is 75.6 Å². The number of rotatable bonds is 9. The third kappa shape index (κ3) is 5.80. The molecule has 0 amide bonds. The zero-order valence-electron chi connectivity index (χ0n) is 14.5. The summed E-state index contributed by atoms with van der Waals surface area (Å²) in [6.45, 7) is 5.29. The molecule has 0 radical (unpaired) electrons. The maximum atomic E-state index is 6.24. The molecule has 2 rings (SSSR count). The van der Waals surface area contributed by atoms with E-state index in [4.69, 9.17) is 4.74 Å². The van der Waals surface area contributed by atoms with Crippen molar-refractivity contribution in [3.8, 4) is 0 Å². The molecule has 0 heterocycles. The zero-order valence-corrected chi connectivity index (χ0v) is 14.5. The molecule has 0 bridgehead atoms. The van der Waals surface area contributed by atoms with E-state index in [9.17, 15) is 0 Å². The first-order valence-corrected chi connectivity index (χ1v) is 8.90. The van der Waals surface area contributed by atoms with E-state index >= 15 is 0 Å². The topological polar surface area (TPSA) is 21.6 Å². The summed E-state index contributed by atoms with van der Waals surface area (Å²) in [7, 11) is 0. The Balaban J connectivity index is 1.97. The van der Waals surface area contributed by atoms with Crippen LogP contribution in [-0.2, 0) is 4.74 Å². The molecule has 1 aromatic rings. The first kappa shape index (κ1) is 17.7. The van der Waals surface area contributed by atoms with E-state index in [1.165, 1.54) is 19.3 Å². The van der Waals surface area contributed by atoms with Crippen molar-refractivity contribution in [1.82, 2.24) is 0 Å². The lowest BCUT2D eigenvalue weighted by Crippen LogP contribution is -2.31. The number of hydrogen-bond acceptors (Lipinski definition) is 2. The normalized spacial score (nSPS) is 20.9. The Hall–Kier alpha value is -1.67. The molecule has 0 N–H and O–H groups in total. The first-order chi connectivity index (χ1) is 11.3. The van der Waals surface area contributed by atoms with Crippen LogP contribution >= 0.6 is 0 Å². The smallest absolute Gasteiger partial charge is 0.0901 e. The van der Waals surface area contributed by atoms with Gasteiger partial charge in [0.15, 0.2) is 0 Å². The highest BCUT2D eigenvalue weighted by atomic mass is 16.5. The molecule has 0 fully saturated rings. The van der Waals surface area contributed by atoms with Crippen LogP contribution < -0.4 is 0 Å². The van der Waals surface area contributed by atoms with Crippen molar-refractivity contribution in [3.05, 3.63) is 59.8 Å². The Morgan fingerprint density at radius 2 is 1.91 bits per heavy atom. The first-order valence-electron chi connectivity index (χ1n) is 8.90. The van der Waals surface area contributed by atoms with Gasteiger partial charge in [0.05, 0.1) is 11.3 Å². The van der Waals surface area contributed by atoms with Crippen molar-refractivity contribution in [2.45, 2.75) is 58.0 Å². The molecule has 2 nitrogen and oxygen atoms in total. The van der Waals surface area contributed by atoms with E-state index in [1.807, 2.05) is 24.4 Å². The Morgan fingerprint density at radius 1 is 1.13 bits per heavy atom. The minimum absolute atomic E-state index is 0.114. The van der Waals surface area contributed by atoms with Crippen LogP contribution in [0.1, 0.15) is 57.9 Å². The SMILES string of the molecule is CCCCOC1(CCCC)C=CC(N=Cc2ccccc2)=CC1. The number of hydrogen-bond donors (Lipinski definition) is 0. The Bertz CT molecular complexity index is 544. The highest BCUT2D eigenvalue weighted by Gasteiger charge is 2.28. The summed E-state index contributed by atoms with van der Waals surface area (Å²) in [4.78, 5) is 4.59. The second-order valence-electron chi connectivity index (χ2n) is 6.21. The van der Waals surface area contributed by atoms with Gasteiger partial charge >= 0.3 is 0 Å². The molecular formula is C21H29NO. The lowest BCUT2D eigenvalue weighted by Gasteiger charge is -2.32. The number of ether oxygens (including phenoxy) is 1. The monoisotopic (exact) mass is 311 g/mol. The number of nitrogens with zero attached hydrogens (tertiary/aromatic N) is 1. The highest BCUT2D eigenvalue weighted by molar-refractivity contribution is 5.80. The molecule has 1 unspecified atom stereocenters. The van der Waals surface area contributed by atoms with Gasteiger partial charge in [-0.15, -0.1) is 0 Å². The van der Waals surface area contributed by atoms with Crippen LogP contribution in [-0.4, -0.2) is 18.4 Å². The maximum absolute atomic E-state index is 6.24. The third-order valence-corrected chi connectivity index (χ3v) is 4.22. The molecule has 0 saturated heterocycles. The van der Waals surface area contributed by atoms with Crippen LogP contribution in [0.3, 0.4) is 0 Å². The second kappa shape index (κ2) is 9.46. The molecule has 0 aliphatic heterocycles. The minimum Gasteiger partial charge on any atom is -0.371 e. The lowest BCUT2D eigenvalue weighted by molar-refractivity contribution is -0.0162.